The average molecular weight is 307 g/mol. The lowest BCUT2D eigenvalue weighted by molar-refractivity contribution is 0.276. The Kier molecular flexibility index (Phi) is 3.92. The van der Waals surface area contributed by atoms with Gasteiger partial charge in [0.2, 0.25) is 5.95 Å². The van der Waals surface area contributed by atoms with Gasteiger partial charge in [0.25, 0.3) is 0 Å². The molecule has 0 aliphatic heterocycles. The zero-order chi connectivity index (χ0) is 14.8. The minimum absolute atomic E-state index is 0.0738. The second kappa shape index (κ2) is 5.85. The minimum atomic E-state index is -0.236. The Morgan fingerprint density at radius 2 is 1.95 bits per heavy atom. The molecule has 3 rings (SSSR count). The summed E-state index contributed by atoms with van der Waals surface area (Å²) in [6, 6.07) is 8.28. The van der Waals surface area contributed by atoms with Crippen molar-refractivity contribution in [2.24, 2.45) is 5.92 Å². The molecule has 0 saturated heterocycles. The fourth-order valence-corrected chi connectivity index (χ4v) is 2.78. The minimum Gasteiger partial charge on any atom is -0.368 e. The van der Waals surface area contributed by atoms with Gasteiger partial charge in [-0.25, -0.2) is 9.37 Å². The highest BCUT2D eigenvalue weighted by Gasteiger charge is 2.29. The van der Waals surface area contributed by atoms with Crippen LogP contribution < -0.4 is 11.1 Å². The van der Waals surface area contributed by atoms with E-state index in [2.05, 4.69) is 15.3 Å². The molecule has 1 aromatic heterocycles. The molecule has 21 heavy (non-hydrogen) atoms. The molecule has 1 unspecified atom stereocenters. The number of hydrogen-bond donors (Lipinski definition) is 2. The lowest BCUT2D eigenvalue weighted by Gasteiger charge is -2.35. The van der Waals surface area contributed by atoms with Crippen molar-refractivity contribution in [3.05, 3.63) is 46.9 Å². The Bertz CT molecular complexity index is 608. The maximum atomic E-state index is 13.1. The molecule has 1 aliphatic carbocycles. The van der Waals surface area contributed by atoms with Gasteiger partial charge in [-0.1, -0.05) is 30.2 Å². The molecule has 0 spiro atoms. The highest BCUT2D eigenvalue weighted by molar-refractivity contribution is 6.29. The Labute approximate surface area is 127 Å². The van der Waals surface area contributed by atoms with Crippen molar-refractivity contribution >= 4 is 23.4 Å². The summed E-state index contributed by atoms with van der Waals surface area (Å²) >= 11 is 5.91. The molecule has 6 heteroatoms. The molecular formula is C15H16ClFN4. The Morgan fingerprint density at radius 3 is 2.52 bits per heavy atom. The summed E-state index contributed by atoms with van der Waals surface area (Å²) in [4.78, 5) is 8.00. The summed E-state index contributed by atoms with van der Waals surface area (Å²) in [7, 11) is 0. The molecule has 1 heterocycles. The van der Waals surface area contributed by atoms with Crippen molar-refractivity contribution in [2.75, 3.05) is 11.1 Å². The van der Waals surface area contributed by atoms with Crippen LogP contribution in [0.3, 0.4) is 0 Å². The fourth-order valence-electron chi connectivity index (χ4n) is 2.59. The van der Waals surface area contributed by atoms with Gasteiger partial charge in [-0.3, -0.25) is 0 Å². The van der Waals surface area contributed by atoms with E-state index in [4.69, 9.17) is 17.3 Å². The quantitative estimate of drug-likeness (QED) is 0.843. The predicted molar refractivity (Wildman–Crippen MR) is 81.6 cm³/mol. The van der Waals surface area contributed by atoms with Crippen molar-refractivity contribution in [3.63, 3.8) is 0 Å². The van der Waals surface area contributed by atoms with Crippen molar-refractivity contribution in [1.82, 2.24) is 9.97 Å². The molecular weight excluding hydrogens is 291 g/mol. The van der Waals surface area contributed by atoms with Gasteiger partial charge in [0.1, 0.15) is 16.8 Å². The van der Waals surface area contributed by atoms with E-state index in [1.165, 1.54) is 18.6 Å². The summed E-state index contributed by atoms with van der Waals surface area (Å²) in [5, 5.41) is 3.66. The van der Waals surface area contributed by atoms with Crippen molar-refractivity contribution in [1.29, 1.82) is 0 Å². The first-order valence-electron chi connectivity index (χ1n) is 6.94. The second-order valence-corrected chi connectivity index (χ2v) is 5.69. The van der Waals surface area contributed by atoms with E-state index in [-0.39, 0.29) is 17.8 Å². The molecule has 1 atom stereocenters. The van der Waals surface area contributed by atoms with E-state index in [1.807, 2.05) is 0 Å². The molecule has 0 amide bonds. The van der Waals surface area contributed by atoms with Gasteiger partial charge >= 0.3 is 0 Å². The van der Waals surface area contributed by atoms with Crippen molar-refractivity contribution in [3.8, 4) is 0 Å². The number of halogens is 2. The molecule has 4 nitrogen and oxygen atoms in total. The zero-order valence-corrected chi connectivity index (χ0v) is 12.1. The average Bonchev–Trinajstić information content (AvgIpc) is 2.35. The second-order valence-electron chi connectivity index (χ2n) is 5.30. The Balaban J connectivity index is 1.87. The largest absolute Gasteiger partial charge is 0.368 e. The SMILES string of the molecule is Nc1nc(Cl)cc(NC(c2ccc(F)cc2)C2CCC2)n1. The monoisotopic (exact) mass is 306 g/mol. The van der Waals surface area contributed by atoms with E-state index < -0.39 is 0 Å². The number of rotatable bonds is 4. The van der Waals surface area contributed by atoms with E-state index in [9.17, 15) is 4.39 Å². The molecule has 1 aromatic carbocycles. The third-order valence-corrected chi connectivity index (χ3v) is 4.06. The van der Waals surface area contributed by atoms with Gasteiger partial charge in [0.05, 0.1) is 6.04 Å². The first-order valence-corrected chi connectivity index (χ1v) is 7.31. The van der Waals surface area contributed by atoms with Gasteiger partial charge in [-0.05, 0) is 36.5 Å². The van der Waals surface area contributed by atoms with E-state index in [0.717, 1.165) is 18.4 Å². The maximum absolute atomic E-state index is 13.1. The predicted octanol–water partition coefficient (Wildman–Crippen LogP) is 3.80. The van der Waals surface area contributed by atoms with Crippen LogP contribution in [0.5, 0.6) is 0 Å². The lowest BCUT2D eigenvalue weighted by Crippen LogP contribution is -2.27. The van der Waals surface area contributed by atoms with Gasteiger partial charge in [0, 0.05) is 6.07 Å². The van der Waals surface area contributed by atoms with Gasteiger partial charge < -0.3 is 11.1 Å². The first kappa shape index (κ1) is 14.1. The zero-order valence-electron chi connectivity index (χ0n) is 11.4. The number of nitrogen functional groups attached to an aromatic ring is 1. The Hall–Kier alpha value is -1.88. The van der Waals surface area contributed by atoms with Gasteiger partial charge in [0.15, 0.2) is 0 Å². The molecule has 1 saturated carbocycles. The third kappa shape index (κ3) is 3.24. The van der Waals surface area contributed by atoms with Crippen LogP contribution in [-0.4, -0.2) is 9.97 Å². The molecule has 0 radical (unpaired) electrons. The molecule has 3 N–H and O–H groups in total. The van der Waals surface area contributed by atoms with Crippen LogP contribution in [0, 0.1) is 11.7 Å². The summed E-state index contributed by atoms with van der Waals surface area (Å²) in [5.74, 6) is 0.996. The van der Waals surface area contributed by atoms with Crippen LogP contribution in [0.2, 0.25) is 5.15 Å². The lowest BCUT2D eigenvalue weighted by atomic mass is 9.77. The van der Waals surface area contributed by atoms with Gasteiger partial charge in [-0.15, -0.1) is 0 Å². The number of aromatic nitrogens is 2. The number of nitrogens with zero attached hydrogens (tertiary/aromatic N) is 2. The number of benzene rings is 1. The summed E-state index contributed by atoms with van der Waals surface area (Å²) in [6.07, 6.45) is 3.50. The summed E-state index contributed by atoms with van der Waals surface area (Å²) in [5.41, 5.74) is 6.66. The first-order chi connectivity index (χ1) is 10.1. The van der Waals surface area contributed by atoms with Gasteiger partial charge in [-0.2, -0.15) is 4.98 Å². The molecule has 2 aromatic rings. The fraction of sp³-hybridized carbons (Fsp3) is 0.333. The van der Waals surface area contributed by atoms with Crippen LogP contribution in [-0.2, 0) is 0 Å². The topological polar surface area (TPSA) is 63.8 Å². The number of hydrogen-bond acceptors (Lipinski definition) is 4. The standard InChI is InChI=1S/C15H16ClFN4/c16-12-8-13(21-15(18)19-12)20-14(9-2-1-3-9)10-4-6-11(17)7-5-10/h4-9,14H,1-3H2,(H3,18,19,20,21). The van der Waals surface area contributed by atoms with Crippen LogP contribution in [0.15, 0.2) is 30.3 Å². The summed E-state index contributed by atoms with van der Waals surface area (Å²) in [6.45, 7) is 0. The van der Waals surface area contributed by atoms with E-state index in [0.29, 0.717) is 16.9 Å². The van der Waals surface area contributed by atoms with Crippen LogP contribution in [0.1, 0.15) is 30.9 Å². The molecule has 110 valence electrons. The maximum Gasteiger partial charge on any atom is 0.223 e. The molecule has 0 bridgehead atoms. The molecule has 1 fully saturated rings. The summed E-state index contributed by atoms with van der Waals surface area (Å²) < 4.78 is 13.1. The number of nitrogens with one attached hydrogen (secondary N) is 1. The van der Waals surface area contributed by atoms with Crippen molar-refractivity contribution < 1.29 is 4.39 Å². The number of nitrogens with two attached hydrogens (primary N) is 1. The van der Waals surface area contributed by atoms with Crippen LogP contribution >= 0.6 is 11.6 Å². The number of anilines is 2. The highest BCUT2D eigenvalue weighted by atomic mass is 35.5. The normalized spacial score (nSPS) is 16.3. The third-order valence-electron chi connectivity index (χ3n) is 3.87. The van der Waals surface area contributed by atoms with Crippen LogP contribution in [0.4, 0.5) is 16.2 Å². The highest BCUT2D eigenvalue weighted by Crippen LogP contribution is 2.39. The molecule has 1 aliphatic rings. The smallest absolute Gasteiger partial charge is 0.223 e. The van der Waals surface area contributed by atoms with Crippen LogP contribution in [0.25, 0.3) is 0 Å². The van der Waals surface area contributed by atoms with E-state index >= 15 is 0 Å². The Morgan fingerprint density at radius 1 is 1.24 bits per heavy atom. The van der Waals surface area contributed by atoms with E-state index in [1.54, 1.807) is 18.2 Å². The van der Waals surface area contributed by atoms with Crippen molar-refractivity contribution in [2.45, 2.75) is 25.3 Å².